The Morgan fingerprint density at radius 3 is 2.38 bits per heavy atom. The number of carbonyl (C=O) groups excluding carboxylic acids is 1. The second-order valence-electron chi connectivity index (χ2n) is 9.17. The monoisotopic (exact) mass is 596 g/mol. The average molecular weight is 597 g/mol. The Balaban J connectivity index is 1.19. The molecule has 0 spiro atoms. The number of sulfonamides is 1. The molecule has 2 aliphatic rings. The molecule has 4 heterocycles. The number of nitrogens with two attached hydrogens (primary N) is 1. The second kappa shape index (κ2) is 11.3. The molecular formula is C24H26F2N6O4S3. The summed E-state index contributed by atoms with van der Waals surface area (Å²) in [5.74, 6) is -1.19. The van der Waals surface area contributed by atoms with Crippen LogP contribution in [0.5, 0.6) is 0 Å². The van der Waals surface area contributed by atoms with Crippen molar-refractivity contribution in [3.8, 4) is 0 Å². The molecule has 2 aliphatic heterocycles. The summed E-state index contributed by atoms with van der Waals surface area (Å²) in [5.41, 5.74) is 5.19. The number of ketones is 1. The van der Waals surface area contributed by atoms with Crippen LogP contribution < -0.4 is 16.0 Å². The number of nitrogen functional groups attached to an aromatic ring is 1. The van der Waals surface area contributed by atoms with E-state index < -0.39 is 44.2 Å². The molecule has 2 saturated heterocycles. The number of piperidine rings is 1. The summed E-state index contributed by atoms with van der Waals surface area (Å²) in [6, 6.07) is 6.25. The van der Waals surface area contributed by atoms with E-state index in [2.05, 4.69) is 15.3 Å². The summed E-state index contributed by atoms with van der Waals surface area (Å²) in [7, 11) is -3.74. The van der Waals surface area contributed by atoms with Crippen molar-refractivity contribution in [2.75, 3.05) is 53.6 Å². The maximum absolute atomic E-state index is 14.1. The maximum atomic E-state index is 14.1. The molecule has 3 aromatic rings. The van der Waals surface area contributed by atoms with E-state index in [1.54, 1.807) is 12.1 Å². The van der Waals surface area contributed by atoms with Gasteiger partial charge in [0.05, 0.1) is 18.7 Å². The Labute approximate surface area is 231 Å². The van der Waals surface area contributed by atoms with E-state index in [9.17, 15) is 26.5 Å². The van der Waals surface area contributed by atoms with Crippen LogP contribution in [0, 0.1) is 11.6 Å². The molecule has 15 heteroatoms. The van der Waals surface area contributed by atoms with Crippen molar-refractivity contribution in [3.05, 3.63) is 58.6 Å². The van der Waals surface area contributed by atoms with Crippen molar-refractivity contribution in [3.63, 3.8) is 0 Å². The molecule has 0 amide bonds. The first kappa shape index (κ1) is 27.7. The number of aromatic nitrogens is 2. The van der Waals surface area contributed by atoms with Crippen LogP contribution in [-0.2, 0) is 21.2 Å². The van der Waals surface area contributed by atoms with Crippen molar-refractivity contribution >= 4 is 55.1 Å². The van der Waals surface area contributed by atoms with Crippen LogP contribution in [0.1, 0.15) is 28.1 Å². The quantitative estimate of drug-likeness (QED) is 0.310. The summed E-state index contributed by atoms with van der Waals surface area (Å²) in [6.07, 6.45) is 2.30. The van der Waals surface area contributed by atoms with Gasteiger partial charge < -0.3 is 20.5 Å². The number of benzene rings is 1. The van der Waals surface area contributed by atoms with Crippen molar-refractivity contribution < 1.29 is 26.5 Å². The lowest BCUT2D eigenvalue weighted by Gasteiger charge is -2.31. The zero-order chi connectivity index (χ0) is 27.7. The average Bonchev–Trinajstić information content (AvgIpc) is 3.29. The normalized spacial score (nSPS) is 17.9. The van der Waals surface area contributed by atoms with E-state index in [0.29, 0.717) is 48.4 Å². The topological polar surface area (TPSA) is 145 Å². The molecule has 0 bridgehead atoms. The molecule has 208 valence electrons. The number of nitrogens with zero attached hydrogens (tertiary/aromatic N) is 4. The van der Waals surface area contributed by atoms with Gasteiger partial charge in [-0.15, -0.1) is 0 Å². The van der Waals surface area contributed by atoms with E-state index in [-0.39, 0.29) is 34.7 Å². The lowest BCUT2D eigenvalue weighted by atomic mass is 10.1. The van der Waals surface area contributed by atoms with Gasteiger partial charge in [0.1, 0.15) is 44.5 Å². The highest BCUT2D eigenvalue weighted by Crippen LogP contribution is 2.31. The zero-order valence-corrected chi connectivity index (χ0v) is 23.1. The third kappa shape index (κ3) is 5.87. The van der Waals surface area contributed by atoms with Gasteiger partial charge in [0, 0.05) is 25.3 Å². The Morgan fingerprint density at radius 2 is 1.77 bits per heavy atom. The molecule has 3 N–H and O–H groups in total. The summed E-state index contributed by atoms with van der Waals surface area (Å²) in [6.45, 7) is 1.75. The Morgan fingerprint density at radius 1 is 1.10 bits per heavy atom. The predicted molar refractivity (Wildman–Crippen MR) is 146 cm³/mol. The van der Waals surface area contributed by atoms with Gasteiger partial charge in [-0.3, -0.25) is 4.79 Å². The summed E-state index contributed by atoms with van der Waals surface area (Å²) in [5, 5.41) is 3.48. The number of nitrogens with one attached hydrogen (secondary N) is 1. The lowest BCUT2D eigenvalue weighted by molar-refractivity contribution is 0.103. The molecule has 2 fully saturated rings. The fourth-order valence-electron chi connectivity index (χ4n) is 4.53. The minimum atomic E-state index is -3.74. The summed E-state index contributed by atoms with van der Waals surface area (Å²) in [4.78, 5) is 23.2. The van der Waals surface area contributed by atoms with Crippen LogP contribution in [0.4, 0.5) is 25.5 Å². The van der Waals surface area contributed by atoms with E-state index >= 15 is 0 Å². The molecule has 2 aromatic heterocycles. The van der Waals surface area contributed by atoms with E-state index in [1.807, 2.05) is 4.90 Å². The maximum Gasteiger partial charge on any atom is 0.244 e. The van der Waals surface area contributed by atoms with Gasteiger partial charge in [0.15, 0.2) is 5.13 Å². The zero-order valence-electron chi connectivity index (χ0n) is 20.7. The molecule has 5 rings (SSSR count). The summed E-state index contributed by atoms with van der Waals surface area (Å²) >= 11 is 0.0849. The minimum Gasteiger partial charge on any atom is -0.616 e. The van der Waals surface area contributed by atoms with Crippen LogP contribution in [-0.4, -0.2) is 76.8 Å². The third-order valence-corrected chi connectivity index (χ3v) is 10.9. The molecule has 0 aliphatic carbocycles. The molecule has 0 unspecified atom stereocenters. The third-order valence-electron chi connectivity index (χ3n) is 6.69. The van der Waals surface area contributed by atoms with Crippen LogP contribution in [0.2, 0.25) is 0 Å². The van der Waals surface area contributed by atoms with Crippen molar-refractivity contribution in [1.29, 1.82) is 0 Å². The SMILES string of the molecule is Nc1nc(NC2CCN(S(=O)(=O)c3ccc(N4CC[S+]([O-])CC4)nc3)CC2)sc1C(=O)c1c(F)cccc1F. The van der Waals surface area contributed by atoms with Crippen molar-refractivity contribution in [2.24, 2.45) is 0 Å². The first-order valence-electron chi connectivity index (χ1n) is 12.2. The Kier molecular flexibility index (Phi) is 8.05. The number of carbonyl (C=O) groups is 1. The van der Waals surface area contributed by atoms with Crippen LogP contribution in [0.15, 0.2) is 41.4 Å². The van der Waals surface area contributed by atoms with Gasteiger partial charge in [-0.25, -0.2) is 27.2 Å². The number of hydrogen-bond donors (Lipinski definition) is 2. The van der Waals surface area contributed by atoms with Crippen molar-refractivity contribution in [1.82, 2.24) is 14.3 Å². The van der Waals surface area contributed by atoms with Gasteiger partial charge in [-0.1, -0.05) is 28.6 Å². The fraction of sp³-hybridized carbons (Fsp3) is 0.375. The number of rotatable bonds is 7. The standard InChI is InChI=1S/C24H26F2N6O4S3/c25-17-2-1-3-18(26)20(17)21(33)22-23(27)30-24(37-22)29-15-6-8-32(9-7-15)39(35,36)16-4-5-19(28-14-16)31-10-12-38(34)13-11-31/h1-5,14-15H,6-13,27H2,(H,29,30). The molecule has 0 atom stereocenters. The molecule has 10 nitrogen and oxygen atoms in total. The van der Waals surface area contributed by atoms with Gasteiger partial charge in [0.2, 0.25) is 15.8 Å². The van der Waals surface area contributed by atoms with E-state index in [1.165, 1.54) is 16.6 Å². The van der Waals surface area contributed by atoms with Crippen molar-refractivity contribution in [2.45, 2.75) is 23.8 Å². The molecule has 0 radical (unpaired) electrons. The first-order valence-corrected chi connectivity index (χ1v) is 16.0. The fourth-order valence-corrected chi connectivity index (χ4v) is 7.90. The molecule has 0 saturated carbocycles. The first-order chi connectivity index (χ1) is 18.6. The second-order valence-corrected chi connectivity index (χ2v) is 13.8. The highest BCUT2D eigenvalue weighted by Gasteiger charge is 2.31. The Bertz CT molecular complexity index is 1430. The largest absolute Gasteiger partial charge is 0.616 e. The van der Waals surface area contributed by atoms with Crippen LogP contribution in [0.3, 0.4) is 0 Å². The number of halogens is 2. The number of hydrogen-bond acceptors (Lipinski definition) is 10. The van der Waals surface area contributed by atoms with Gasteiger partial charge in [0.25, 0.3) is 0 Å². The number of thiazole rings is 1. The van der Waals surface area contributed by atoms with Gasteiger partial charge in [-0.2, -0.15) is 4.31 Å². The van der Waals surface area contributed by atoms with E-state index in [4.69, 9.17) is 5.73 Å². The Hall–Kier alpha value is -2.85. The van der Waals surface area contributed by atoms with Crippen LogP contribution in [0.25, 0.3) is 0 Å². The molecule has 1 aromatic carbocycles. The molecular weight excluding hydrogens is 570 g/mol. The van der Waals surface area contributed by atoms with E-state index in [0.717, 1.165) is 23.5 Å². The minimum absolute atomic E-state index is 0.0738. The lowest BCUT2D eigenvalue weighted by Crippen LogP contribution is -2.42. The summed E-state index contributed by atoms with van der Waals surface area (Å²) < 4.78 is 67.5. The van der Waals surface area contributed by atoms with Gasteiger partial charge >= 0.3 is 0 Å². The smallest absolute Gasteiger partial charge is 0.244 e. The van der Waals surface area contributed by atoms with Gasteiger partial charge in [-0.05, 0) is 37.1 Å². The molecule has 39 heavy (non-hydrogen) atoms. The highest BCUT2D eigenvalue weighted by atomic mass is 32.2. The number of anilines is 3. The van der Waals surface area contributed by atoms with Crippen LogP contribution >= 0.6 is 11.3 Å². The predicted octanol–water partition coefficient (Wildman–Crippen LogP) is 2.46. The number of pyridine rings is 1. The highest BCUT2D eigenvalue weighted by molar-refractivity contribution is 7.91.